The zero-order valence-corrected chi connectivity index (χ0v) is 18.2. The molecule has 0 radical (unpaired) electrons. The predicted molar refractivity (Wildman–Crippen MR) is 113 cm³/mol. The van der Waals surface area contributed by atoms with Crippen LogP contribution in [-0.4, -0.2) is 69.5 Å². The van der Waals surface area contributed by atoms with Gasteiger partial charge in [-0.3, -0.25) is 4.99 Å². The number of benzene rings is 1. The van der Waals surface area contributed by atoms with E-state index in [1.807, 2.05) is 17.9 Å². The van der Waals surface area contributed by atoms with E-state index < -0.39 is 12.8 Å². The van der Waals surface area contributed by atoms with Crippen molar-refractivity contribution in [1.82, 2.24) is 10.2 Å². The summed E-state index contributed by atoms with van der Waals surface area (Å²) in [4.78, 5) is 8.55. The Kier molecular flexibility index (Phi) is 10.9. The summed E-state index contributed by atoms with van der Waals surface area (Å²) in [5, 5.41) is 3.20. The van der Waals surface area contributed by atoms with Crippen LogP contribution in [0.5, 0.6) is 0 Å². The van der Waals surface area contributed by atoms with E-state index in [1.54, 1.807) is 12.1 Å². The fraction of sp³-hybridized carbons (Fsp3) is 0.611. The lowest BCUT2D eigenvalue weighted by Gasteiger charge is -2.37. The fourth-order valence-electron chi connectivity index (χ4n) is 2.83. The summed E-state index contributed by atoms with van der Waals surface area (Å²) in [6.07, 6.45) is -3.88. The number of nitrogens with zero attached hydrogens (tertiary/aromatic N) is 3. The zero-order valence-electron chi connectivity index (χ0n) is 15.8. The minimum absolute atomic E-state index is 0. The molecule has 28 heavy (non-hydrogen) atoms. The van der Waals surface area contributed by atoms with Gasteiger partial charge in [-0.15, -0.1) is 24.0 Å². The average molecular weight is 518 g/mol. The molecular weight excluding hydrogens is 491 g/mol. The van der Waals surface area contributed by atoms with Gasteiger partial charge in [0, 0.05) is 45.9 Å². The number of para-hydroxylation sites is 1. The Morgan fingerprint density at radius 1 is 1.18 bits per heavy atom. The second-order valence-corrected chi connectivity index (χ2v) is 6.18. The van der Waals surface area contributed by atoms with Gasteiger partial charge in [-0.05, 0) is 25.5 Å². The number of guanidine groups is 1. The van der Waals surface area contributed by atoms with Crippen LogP contribution in [-0.2, 0) is 4.74 Å². The smallest absolute Gasteiger partial charge is 0.372 e. The van der Waals surface area contributed by atoms with E-state index in [9.17, 15) is 17.6 Å². The Hall–Kier alpha value is -1.30. The number of hydrogen-bond donors (Lipinski definition) is 1. The number of nitrogens with one attached hydrogen (secondary N) is 1. The number of alkyl halides is 3. The van der Waals surface area contributed by atoms with E-state index in [1.165, 1.54) is 6.07 Å². The van der Waals surface area contributed by atoms with Crippen LogP contribution in [0.4, 0.5) is 23.2 Å². The van der Waals surface area contributed by atoms with E-state index in [2.05, 4.69) is 19.9 Å². The molecule has 1 aliphatic rings. The molecule has 0 atom stereocenters. The van der Waals surface area contributed by atoms with Crippen LogP contribution >= 0.6 is 24.0 Å². The van der Waals surface area contributed by atoms with E-state index in [0.717, 1.165) is 5.96 Å². The maximum atomic E-state index is 13.9. The molecule has 2 rings (SSSR count). The van der Waals surface area contributed by atoms with Crippen molar-refractivity contribution >= 4 is 35.6 Å². The fourth-order valence-corrected chi connectivity index (χ4v) is 2.83. The molecule has 0 aliphatic carbocycles. The topological polar surface area (TPSA) is 40.1 Å². The van der Waals surface area contributed by atoms with E-state index >= 15 is 0 Å². The molecule has 1 aromatic carbocycles. The third kappa shape index (κ3) is 8.38. The van der Waals surface area contributed by atoms with Crippen LogP contribution in [0, 0.1) is 5.82 Å². The molecule has 0 bridgehead atoms. The highest BCUT2D eigenvalue weighted by atomic mass is 127. The first-order chi connectivity index (χ1) is 12.9. The van der Waals surface area contributed by atoms with Gasteiger partial charge < -0.3 is 19.9 Å². The SMILES string of the molecule is CCNC(=NCCCOCC(F)(F)F)N1CCN(c2ccccc2F)CC1.I. The Balaban J connectivity index is 0.00000392. The molecule has 0 aromatic heterocycles. The van der Waals surface area contributed by atoms with Gasteiger partial charge in [0.25, 0.3) is 0 Å². The summed E-state index contributed by atoms with van der Waals surface area (Å²) in [6, 6.07) is 6.71. The molecule has 1 fully saturated rings. The highest BCUT2D eigenvalue weighted by Crippen LogP contribution is 2.20. The normalized spacial score (nSPS) is 15.4. The Morgan fingerprint density at radius 3 is 2.46 bits per heavy atom. The molecule has 1 N–H and O–H groups in total. The third-order valence-electron chi connectivity index (χ3n) is 4.08. The van der Waals surface area contributed by atoms with Crippen molar-refractivity contribution in [3.63, 3.8) is 0 Å². The predicted octanol–water partition coefficient (Wildman–Crippen LogP) is 3.50. The van der Waals surface area contributed by atoms with Gasteiger partial charge in [0.2, 0.25) is 0 Å². The van der Waals surface area contributed by atoms with Crippen molar-refractivity contribution in [2.45, 2.75) is 19.5 Å². The molecule has 0 saturated carbocycles. The summed E-state index contributed by atoms with van der Waals surface area (Å²) in [5.41, 5.74) is 0.598. The molecule has 1 saturated heterocycles. The Morgan fingerprint density at radius 2 is 1.86 bits per heavy atom. The molecule has 0 unspecified atom stereocenters. The van der Waals surface area contributed by atoms with Crippen LogP contribution < -0.4 is 10.2 Å². The highest BCUT2D eigenvalue weighted by Gasteiger charge is 2.27. The molecule has 10 heteroatoms. The van der Waals surface area contributed by atoms with Crippen LogP contribution in [0.15, 0.2) is 29.3 Å². The Bertz CT molecular complexity index is 607. The summed E-state index contributed by atoms with van der Waals surface area (Å²) < 4.78 is 54.6. The minimum atomic E-state index is -4.30. The van der Waals surface area contributed by atoms with Gasteiger partial charge in [0.15, 0.2) is 5.96 Å². The summed E-state index contributed by atoms with van der Waals surface area (Å²) >= 11 is 0. The number of rotatable bonds is 7. The van der Waals surface area contributed by atoms with Crippen LogP contribution in [0.25, 0.3) is 0 Å². The number of piperazine rings is 1. The lowest BCUT2D eigenvalue weighted by Crippen LogP contribution is -2.52. The number of anilines is 1. The number of aliphatic imine (C=N–C) groups is 1. The van der Waals surface area contributed by atoms with Crippen LogP contribution in [0.3, 0.4) is 0 Å². The first-order valence-electron chi connectivity index (χ1n) is 9.08. The minimum Gasteiger partial charge on any atom is -0.372 e. The van der Waals surface area contributed by atoms with Crippen molar-refractivity contribution < 1.29 is 22.3 Å². The highest BCUT2D eigenvalue weighted by molar-refractivity contribution is 14.0. The van der Waals surface area contributed by atoms with Crippen LogP contribution in [0.1, 0.15) is 13.3 Å². The van der Waals surface area contributed by atoms with Crippen molar-refractivity contribution in [2.75, 3.05) is 57.4 Å². The van der Waals surface area contributed by atoms with E-state index in [-0.39, 0.29) is 36.4 Å². The first-order valence-corrected chi connectivity index (χ1v) is 9.08. The zero-order chi connectivity index (χ0) is 19.7. The summed E-state index contributed by atoms with van der Waals surface area (Å²) in [6.45, 7) is 4.52. The molecule has 1 aromatic rings. The maximum absolute atomic E-state index is 13.9. The summed E-state index contributed by atoms with van der Waals surface area (Å²) in [7, 11) is 0. The van der Waals surface area contributed by atoms with Crippen molar-refractivity contribution in [1.29, 1.82) is 0 Å². The molecule has 5 nitrogen and oxygen atoms in total. The van der Waals surface area contributed by atoms with Gasteiger partial charge >= 0.3 is 6.18 Å². The van der Waals surface area contributed by atoms with Gasteiger partial charge in [-0.2, -0.15) is 13.2 Å². The standard InChI is InChI=1S/C18H26F4N4O.HI/c1-2-23-17(24-8-5-13-27-14-18(20,21)22)26-11-9-25(10-12-26)16-7-4-3-6-15(16)19;/h3-4,6-7H,2,5,8-14H2,1H3,(H,23,24);1H. The third-order valence-corrected chi connectivity index (χ3v) is 4.08. The Labute approximate surface area is 180 Å². The van der Waals surface area contributed by atoms with Crippen LogP contribution in [0.2, 0.25) is 0 Å². The molecule has 160 valence electrons. The molecular formula is C18H27F4IN4O. The lowest BCUT2D eigenvalue weighted by atomic mass is 10.2. The first kappa shape index (κ1) is 24.7. The second kappa shape index (κ2) is 12.3. The number of ether oxygens (including phenoxy) is 1. The van der Waals surface area contributed by atoms with Crippen molar-refractivity contribution in [3.05, 3.63) is 30.1 Å². The van der Waals surface area contributed by atoms with Gasteiger partial charge in [-0.1, -0.05) is 12.1 Å². The van der Waals surface area contributed by atoms with E-state index in [4.69, 9.17) is 0 Å². The lowest BCUT2D eigenvalue weighted by molar-refractivity contribution is -0.173. The monoisotopic (exact) mass is 518 g/mol. The summed E-state index contributed by atoms with van der Waals surface area (Å²) in [5.74, 6) is 0.492. The molecule has 0 spiro atoms. The average Bonchev–Trinajstić information content (AvgIpc) is 2.63. The molecule has 1 aliphatic heterocycles. The molecule has 0 amide bonds. The number of hydrogen-bond acceptors (Lipinski definition) is 3. The maximum Gasteiger partial charge on any atom is 0.411 e. The number of halogens is 5. The second-order valence-electron chi connectivity index (χ2n) is 6.18. The van der Waals surface area contributed by atoms with Gasteiger partial charge in [0.1, 0.15) is 12.4 Å². The molecule has 1 heterocycles. The van der Waals surface area contributed by atoms with Crippen molar-refractivity contribution in [3.8, 4) is 0 Å². The van der Waals surface area contributed by atoms with Gasteiger partial charge in [-0.25, -0.2) is 4.39 Å². The van der Waals surface area contributed by atoms with E-state index in [0.29, 0.717) is 51.4 Å². The quantitative estimate of drug-likeness (QED) is 0.197. The largest absolute Gasteiger partial charge is 0.411 e. The van der Waals surface area contributed by atoms with Crippen molar-refractivity contribution in [2.24, 2.45) is 4.99 Å². The van der Waals surface area contributed by atoms with Gasteiger partial charge in [0.05, 0.1) is 5.69 Å².